The summed E-state index contributed by atoms with van der Waals surface area (Å²) in [5.41, 5.74) is -0.0558. The van der Waals surface area contributed by atoms with Crippen molar-refractivity contribution in [3.8, 4) is 0 Å². The molecule has 1 unspecified atom stereocenters. The Balaban J connectivity index is 2.08. The minimum atomic E-state index is -0.710. The molecule has 114 valence electrons. The van der Waals surface area contributed by atoms with Crippen molar-refractivity contribution < 1.29 is 14.3 Å². The van der Waals surface area contributed by atoms with Gasteiger partial charge in [0.1, 0.15) is 11.2 Å². The van der Waals surface area contributed by atoms with Crippen LogP contribution in [0.1, 0.15) is 6.42 Å². The van der Waals surface area contributed by atoms with Gasteiger partial charge >= 0.3 is 0 Å². The van der Waals surface area contributed by atoms with Gasteiger partial charge in [0.15, 0.2) is 5.82 Å². The van der Waals surface area contributed by atoms with E-state index in [1.165, 1.54) is 0 Å². The Morgan fingerprint density at radius 3 is 3.05 bits per heavy atom. The van der Waals surface area contributed by atoms with Crippen LogP contribution in [-0.4, -0.2) is 61.9 Å². The molecule has 1 fully saturated rings. The summed E-state index contributed by atoms with van der Waals surface area (Å²) in [5, 5.41) is 0.163. The number of rotatable bonds is 3. The van der Waals surface area contributed by atoms with Crippen molar-refractivity contribution in [2.75, 3.05) is 50.3 Å². The maximum absolute atomic E-state index is 13.0. The summed E-state index contributed by atoms with van der Waals surface area (Å²) in [6.45, 7) is 1.80. The fourth-order valence-electron chi connectivity index (χ4n) is 2.88. The molecule has 0 aromatic carbocycles. The molecule has 1 amide bonds. The normalized spacial score (nSPS) is 24.8. The van der Waals surface area contributed by atoms with Gasteiger partial charge in [0.25, 0.3) is 5.91 Å². The molecule has 0 N–H and O–H groups in total. The van der Waals surface area contributed by atoms with Gasteiger partial charge in [0, 0.05) is 33.7 Å². The highest BCUT2D eigenvalue weighted by molar-refractivity contribution is 6.28. The minimum absolute atomic E-state index is 0.00188. The fourth-order valence-corrected chi connectivity index (χ4v) is 3.01. The number of aromatic nitrogens is 2. The van der Waals surface area contributed by atoms with E-state index in [9.17, 15) is 4.79 Å². The van der Waals surface area contributed by atoms with Crippen LogP contribution < -0.4 is 9.80 Å². The largest absolute Gasteiger partial charge is 0.383 e. The summed E-state index contributed by atoms with van der Waals surface area (Å²) in [6, 6.07) is 0. The van der Waals surface area contributed by atoms with Gasteiger partial charge in [-0.3, -0.25) is 4.79 Å². The van der Waals surface area contributed by atoms with Crippen molar-refractivity contribution in [2.45, 2.75) is 12.0 Å². The zero-order valence-corrected chi connectivity index (χ0v) is 12.8. The first kappa shape index (κ1) is 14.5. The lowest BCUT2D eigenvalue weighted by Crippen LogP contribution is -2.63. The topological polar surface area (TPSA) is 67.8 Å². The third-order valence-corrected chi connectivity index (χ3v) is 4.32. The maximum Gasteiger partial charge on any atom is 0.255 e. The molecule has 7 nitrogen and oxygen atoms in total. The Kier molecular flexibility index (Phi) is 3.73. The summed E-state index contributed by atoms with van der Waals surface area (Å²) < 4.78 is 10.6. The Labute approximate surface area is 127 Å². The maximum atomic E-state index is 13.0. The number of hydrogen-bond donors (Lipinski definition) is 0. The molecular weight excluding hydrogens is 296 g/mol. The Morgan fingerprint density at radius 1 is 1.57 bits per heavy atom. The fraction of sp³-hybridized carbons (Fsp3) is 0.615. The molecule has 1 atom stereocenters. The van der Waals surface area contributed by atoms with Gasteiger partial charge in [-0.05, 0) is 11.6 Å². The highest BCUT2D eigenvalue weighted by atomic mass is 35.5. The molecule has 8 heteroatoms. The summed E-state index contributed by atoms with van der Waals surface area (Å²) >= 11 is 5.92. The number of nitrogens with zero attached hydrogens (tertiary/aromatic N) is 4. The molecule has 3 heterocycles. The first-order chi connectivity index (χ1) is 10.1. The van der Waals surface area contributed by atoms with Gasteiger partial charge in [-0.2, -0.15) is 4.98 Å². The van der Waals surface area contributed by atoms with E-state index in [1.54, 1.807) is 18.2 Å². The van der Waals surface area contributed by atoms with Crippen molar-refractivity contribution >= 4 is 29.0 Å². The second-order valence-electron chi connectivity index (χ2n) is 5.19. The summed E-state index contributed by atoms with van der Waals surface area (Å²) in [6.07, 6.45) is 2.21. The van der Waals surface area contributed by atoms with E-state index >= 15 is 0 Å². The van der Waals surface area contributed by atoms with Crippen LogP contribution in [-0.2, 0) is 14.3 Å². The molecular formula is C13H17ClN4O3. The second kappa shape index (κ2) is 5.40. The molecule has 0 aliphatic carbocycles. The second-order valence-corrected chi connectivity index (χ2v) is 5.53. The highest BCUT2D eigenvalue weighted by Gasteiger charge is 2.53. The van der Waals surface area contributed by atoms with Crippen LogP contribution >= 0.6 is 11.6 Å². The molecule has 3 rings (SSSR count). The van der Waals surface area contributed by atoms with Crippen LogP contribution in [0.4, 0.5) is 11.5 Å². The van der Waals surface area contributed by atoms with Crippen LogP contribution in [0.2, 0.25) is 5.28 Å². The average molecular weight is 313 g/mol. The Morgan fingerprint density at radius 2 is 2.38 bits per heavy atom. The number of carbonyl (C=O) groups excluding carboxylic acids is 1. The molecule has 0 saturated carbocycles. The minimum Gasteiger partial charge on any atom is -0.383 e. The van der Waals surface area contributed by atoms with Gasteiger partial charge in [-0.1, -0.05) is 0 Å². The van der Waals surface area contributed by atoms with E-state index in [1.807, 2.05) is 11.9 Å². The van der Waals surface area contributed by atoms with E-state index in [-0.39, 0.29) is 11.2 Å². The number of methoxy groups -OCH3 is 1. The third kappa shape index (κ3) is 2.16. The number of hydrogen-bond acceptors (Lipinski definition) is 6. The van der Waals surface area contributed by atoms with Crippen LogP contribution in [0.3, 0.4) is 0 Å². The highest BCUT2D eigenvalue weighted by Crippen LogP contribution is 2.41. The van der Waals surface area contributed by atoms with E-state index in [0.29, 0.717) is 44.3 Å². The van der Waals surface area contributed by atoms with Gasteiger partial charge < -0.3 is 19.3 Å². The predicted molar refractivity (Wildman–Crippen MR) is 77.8 cm³/mol. The van der Waals surface area contributed by atoms with E-state index < -0.39 is 5.54 Å². The first-order valence-corrected chi connectivity index (χ1v) is 7.13. The number of fused-ring (bicyclic) bond motifs is 1. The number of anilines is 2. The predicted octanol–water partition coefficient (Wildman–Crippen LogP) is 0.718. The summed E-state index contributed by atoms with van der Waals surface area (Å²) in [5.74, 6) is 0.647. The van der Waals surface area contributed by atoms with Crippen molar-refractivity contribution in [3.05, 3.63) is 11.5 Å². The smallest absolute Gasteiger partial charge is 0.255 e. The molecule has 1 spiro atoms. The van der Waals surface area contributed by atoms with Crippen LogP contribution in [0.5, 0.6) is 0 Å². The monoisotopic (exact) mass is 312 g/mol. The van der Waals surface area contributed by atoms with Crippen molar-refractivity contribution in [2.24, 2.45) is 0 Å². The van der Waals surface area contributed by atoms with E-state index in [4.69, 9.17) is 21.1 Å². The van der Waals surface area contributed by atoms with Gasteiger partial charge in [-0.25, -0.2) is 4.98 Å². The van der Waals surface area contributed by atoms with E-state index in [0.717, 1.165) is 0 Å². The lowest BCUT2D eigenvalue weighted by atomic mass is 9.92. The van der Waals surface area contributed by atoms with Gasteiger partial charge in [0.05, 0.1) is 19.4 Å². The molecule has 0 bridgehead atoms. The SMILES string of the molecule is COCCN1C(=O)C2(CCOC2)N(C)c2nc(Cl)ncc21. The molecule has 2 aliphatic heterocycles. The first-order valence-electron chi connectivity index (χ1n) is 6.75. The quantitative estimate of drug-likeness (QED) is 0.766. The van der Waals surface area contributed by atoms with Crippen LogP contribution in [0.25, 0.3) is 0 Å². The Bertz CT molecular complexity index is 562. The molecule has 1 aromatic heterocycles. The molecule has 1 aromatic rings. The van der Waals surface area contributed by atoms with E-state index in [2.05, 4.69) is 9.97 Å². The summed E-state index contributed by atoms with van der Waals surface area (Å²) in [7, 11) is 3.46. The lowest BCUT2D eigenvalue weighted by molar-refractivity contribution is -0.124. The number of ether oxygens (including phenoxy) is 2. The molecule has 21 heavy (non-hydrogen) atoms. The lowest BCUT2D eigenvalue weighted by Gasteiger charge is -2.45. The number of carbonyl (C=O) groups is 1. The van der Waals surface area contributed by atoms with Crippen molar-refractivity contribution in [1.29, 1.82) is 0 Å². The van der Waals surface area contributed by atoms with Crippen molar-refractivity contribution in [1.82, 2.24) is 9.97 Å². The molecule has 2 aliphatic rings. The standard InChI is InChI=1S/C13H17ClN4O3/c1-17-10-9(7-15-12(14)16-10)18(4-6-20-2)11(19)13(17)3-5-21-8-13/h7H,3-6,8H2,1-2H3. The van der Waals surface area contributed by atoms with Crippen LogP contribution in [0, 0.1) is 0 Å². The molecule has 1 saturated heterocycles. The van der Waals surface area contributed by atoms with Crippen molar-refractivity contribution in [3.63, 3.8) is 0 Å². The zero-order chi connectivity index (χ0) is 15.0. The van der Waals surface area contributed by atoms with Gasteiger partial charge in [-0.15, -0.1) is 0 Å². The van der Waals surface area contributed by atoms with Crippen LogP contribution in [0.15, 0.2) is 6.20 Å². The third-order valence-electron chi connectivity index (χ3n) is 4.13. The average Bonchev–Trinajstić information content (AvgIpc) is 2.97. The zero-order valence-electron chi connectivity index (χ0n) is 12.0. The van der Waals surface area contributed by atoms with Gasteiger partial charge in [0.2, 0.25) is 5.28 Å². The molecule has 0 radical (unpaired) electrons. The Hall–Kier alpha value is -1.44. The number of halogens is 1. The summed E-state index contributed by atoms with van der Waals surface area (Å²) in [4.78, 5) is 24.8. The number of likely N-dealkylation sites (N-methyl/N-ethyl adjacent to an activating group) is 1. The number of amides is 1.